The molecular formula is C22H23F3N8. The third-order valence-corrected chi connectivity index (χ3v) is 6.49. The van der Waals surface area contributed by atoms with Crippen LogP contribution < -0.4 is 4.90 Å². The summed E-state index contributed by atoms with van der Waals surface area (Å²) in [5, 5.41) is 15.0. The summed E-state index contributed by atoms with van der Waals surface area (Å²) in [6.45, 7) is 2.41. The summed E-state index contributed by atoms with van der Waals surface area (Å²) < 4.78 is 39.8. The zero-order valence-electron chi connectivity index (χ0n) is 18.2. The van der Waals surface area contributed by atoms with E-state index in [1.165, 1.54) is 4.90 Å². The second-order valence-electron chi connectivity index (χ2n) is 8.74. The van der Waals surface area contributed by atoms with E-state index in [1.807, 2.05) is 17.0 Å². The van der Waals surface area contributed by atoms with E-state index in [2.05, 4.69) is 26.1 Å². The van der Waals surface area contributed by atoms with Crippen molar-refractivity contribution in [3.05, 3.63) is 36.0 Å². The monoisotopic (exact) mass is 456 g/mol. The molecule has 2 aliphatic rings. The number of piperazine rings is 1. The van der Waals surface area contributed by atoms with Gasteiger partial charge in [-0.05, 0) is 32.3 Å². The molecule has 3 aromatic rings. The van der Waals surface area contributed by atoms with E-state index in [1.54, 1.807) is 24.0 Å². The zero-order chi connectivity index (χ0) is 23.2. The van der Waals surface area contributed by atoms with Gasteiger partial charge in [0.05, 0.1) is 35.4 Å². The van der Waals surface area contributed by atoms with Gasteiger partial charge in [-0.25, -0.2) is 14.6 Å². The first-order chi connectivity index (χ1) is 15.8. The summed E-state index contributed by atoms with van der Waals surface area (Å²) in [6, 6.07) is 6.15. The first kappa shape index (κ1) is 21.6. The first-order valence-corrected chi connectivity index (χ1v) is 10.9. The highest BCUT2D eigenvalue weighted by Crippen LogP contribution is 2.42. The van der Waals surface area contributed by atoms with E-state index in [9.17, 15) is 18.4 Å². The van der Waals surface area contributed by atoms with Gasteiger partial charge in [0.2, 0.25) is 0 Å². The Morgan fingerprint density at radius 1 is 1.06 bits per heavy atom. The summed E-state index contributed by atoms with van der Waals surface area (Å²) in [5.74, 6) is 1.78. The molecule has 172 valence electrons. The van der Waals surface area contributed by atoms with Crippen LogP contribution in [0, 0.1) is 18.3 Å². The Morgan fingerprint density at radius 2 is 1.79 bits per heavy atom. The molecule has 5 rings (SSSR count). The quantitative estimate of drug-likeness (QED) is 0.596. The van der Waals surface area contributed by atoms with Gasteiger partial charge in [-0.15, -0.1) is 0 Å². The maximum Gasteiger partial charge on any atom is 0.401 e. The Hall–Kier alpha value is -3.26. The Morgan fingerprint density at radius 3 is 2.42 bits per heavy atom. The number of rotatable bonds is 4. The maximum atomic E-state index is 12.7. The van der Waals surface area contributed by atoms with Crippen molar-refractivity contribution in [3.8, 4) is 11.9 Å². The molecule has 11 heteroatoms. The van der Waals surface area contributed by atoms with E-state index in [0.717, 1.165) is 35.9 Å². The smallest absolute Gasteiger partial charge is 0.354 e. The van der Waals surface area contributed by atoms with Crippen molar-refractivity contribution in [2.45, 2.75) is 37.8 Å². The molecular weight excluding hydrogens is 433 g/mol. The third-order valence-electron chi connectivity index (χ3n) is 6.49. The second-order valence-corrected chi connectivity index (χ2v) is 8.74. The lowest BCUT2D eigenvalue weighted by molar-refractivity contribution is -0.146. The van der Waals surface area contributed by atoms with Crippen LogP contribution in [0.1, 0.15) is 30.8 Å². The van der Waals surface area contributed by atoms with Crippen LogP contribution in [0.4, 0.5) is 19.0 Å². The van der Waals surface area contributed by atoms with Crippen LogP contribution in [0.2, 0.25) is 0 Å². The zero-order valence-corrected chi connectivity index (χ0v) is 18.2. The number of hydrogen-bond donors (Lipinski definition) is 0. The predicted octanol–water partition coefficient (Wildman–Crippen LogP) is 3.15. The molecule has 2 fully saturated rings. The number of aromatic nitrogens is 5. The summed E-state index contributed by atoms with van der Waals surface area (Å²) in [5.41, 5.74) is 1.02. The van der Waals surface area contributed by atoms with Crippen LogP contribution >= 0.6 is 0 Å². The predicted molar refractivity (Wildman–Crippen MR) is 115 cm³/mol. The molecule has 33 heavy (non-hydrogen) atoms. The van der Waals surface area contributed by atoms with E-state index in [-0.39, 0.29) is 0 Å². The van der Waals surface area contributed by atoms with Gasteiger partial charge in [0, 0.05) is 43.8 Å². The Kier molecular flexibility index (Phi) is 5.20. The lowest BCUT2D eigenvalue weighted by Gasteiger charge is -2.35. The highest BCUT2D eigenvalue weighted by molar-refractivity contribution is 5.80. The fourth-order valence-electron chi connectivity index (χ4n) is 4.52. The standard InChI is InChI=1S/C22H23F3N8/c1-15-29-19(32-7-5-31(6-8-32)14-22(23,24)25)10-20(30-15)33-17-9-18(21(13-26)3-2-4-21)27-11-16(17)12-28-33/h9-12H,2-8,14H2,1H3. The molecule has 0 atom stereocenters. The molecule has 1 aliphatic heterocycles. The summed E-state index contributed by atoms with van der Waals surface area (Å²) in [6.07, 6.45) is 1.86. The van der Waals surface area contributed by atoms with Gasteiger partial charge in [-0.2, -0.15) is 23.5 Å². The van der Waals surface area contributed by atoms with Gasteiger partial charge in [-0.3, -0.25) is 9.88 Å². The normalized spacial score (nSPS) is 18.8. The lowest BCUT2D eigenvalue weighted by atomic mass is 9.67. The second kappa shape index (κ2) is 7.95. The van der Waals surface area contributed by atoms with Crippen molar-refractivity contribution >= 4 is 16.7 Å². The fourth-order valence-corrected chi connectivity index (χ4v) is 4.52. The number of anilines is 1. The SMILES string of the molecule is Cc1nc(N2CCN(CC(F)(F)F)CC2)cc(-n2ncc3cnc(C4(C#N)CCC4)cc32)n1. The molecule has 4 heterocycles. The highest BCUT2D eigenvalue weighted by atomic mass is 19.4. The molecule has 1 aliphatic carbocycles. The van der Waals surface area contributed by atoms with Crippen molar-refractivity contribution in [2.24, 2.45) is 0 Å². The summed E-state index contributed by atoms with van der Waals surface area (Å²) in [7, 11) is 0. The van der Waals surface area contributed by atoms with Crippen molar-refractivity contribution in [2.75, 3.05) is 37.6 Å². The molecule has 0 spiro atoms. The molecule has 0 amide bonds. The molecule has 0 bridgehead atoms. The topological polar surface area (TPSA) is 86.8 Å². The molecule has 0 radical (unpaired) electrons. The van der Waals surface area contributed by atoms with Gasteiger partial charge < -0.3 is 4.90 Å². The van der Waals surface area contributed by atoms with Gasteiger partial charge in [-0.1, -0.05) is 0 Å². The van der Waals surface area contributed by atoms with E-state index in [4.69, 9.17) is 0 Å². The van der Waals surface area contributed by atoms with Gasteiger partial charge in [0.25, 0.3) is 0 Å². The fraction of sp³-hybridized carbons (Fsp3) is 0.500. The van der Waals surface area contributed by atoms with Gasteiger partial charge >= 0.3 is 6.18 Å². The highest BCUT2D eigenvalue weighted by Gasteiger charge is 2.40. The van der Waals surface area contributed by atoms with Crippen molar-refractivity contribution in [3.63, 3.8) is 0 Å². The Balaban J connectivity index is 1.43. The largest absolute Gasteiger partial charge is 0.401 e. The maximum absolute atomic E-state index is 12.7. The third kappa shape index (κ3) is 4.11. The average Bonchev–Trinajstić information content (AvgIpc) is 3.16. The molecule has 0 aromatic carbocycles. The van der Waals surface area contributed by atoms with Crippen LogP contribution in [-0.4, -0.2) is 68.5 Å². The minimum absolute atomic E-state index is 0.313. The number of halogens is 3. The number of alkyl halides is 3. The van der Waals surface area contributed by atoms with Crippen LogP contribution in [0.15, 0.2) is 24.5 Å². The minimum atomic E-state index is -4.20. The summed E-state index contributed by atoms with van der Waals surface area (Å²) in [4.78, 5) is 17.0. The summed E-state index contributed by atoms with van der Waals surface area (Å²) >= 11 is 0. The molecule has 0 unspecified atom stereocenters. The van der Waals surface area contributed by atoms with Crippen LogP contribution in [0.25, 0.3) is 16.7 Å². The molecule has 3 aromatic heterocycles. The van der Waals surface area contributed by atoms with Crippen molar-refractivity contribution < 1.29 is 13.2 Å². The number of pyridine rings is 1. The number of fused-ring (bicyclic) bond motifs is 1. The number of nitriles is 1. The molecule has 1 saturated heterocycles. The van der Waals surface area contributed by atoms with Crippen LogP contribution in [0.3, 0.4) is 0 Å². The van der Waals surface area contributed by atoms with Gasteiger partial charge in [0.1, 0.15) is 11.6 Å². The molecule has 1 saturated carbocycles. The molecule has 0 N–H and O–H groups in total. The van der Waals surface area contributed by atoms with Crippen molar-refractivity contribution in [1.29, 1.82) is 5.26 Å². The molecule has 8 nitrogen and oxygen atoms in total. The van der Waals surface area contributed by atoms with E-state index >= 15 is 0 Å². The van der Waals surface area contributed by atoms with Crippen LogP contribution in [0.5, 0.6) is 0 Å². The van der Waals surface area contributed by atoms with Crippen molar-refractivity contribution in [1.82, 2.24) is 29.6 Å². The number of aryl methyl sites for hydroxylation is 1. The van der Waals surface area contributed by atoms with E-state index in [0.29, 0.717) is 43.6 Å². The minimum Gasteiger partial charge on any atom is -0.354 e. The Bertz CT molecular complexity index is 1220. The first-order valence-electron chi connectivity index (χ1n) is 10.9. The lowest BCUT2D eigenvalue weighted by Crippen LogP contribution is -2.49. The Labute approximate surface area is 188 Å². The number of nitrogens with zero attached hydrogens (tertiary/aromatic N) is 8. The van der Waals surface area contributed by atoms with E-state index < -0.39 is 18.1 Å². The van der Waals surface area contributed by atoms with Crippen LogP contribution in [-0.2, 0) is 5.41 Å². The number of hydrogen-bond acceptors (Lipinski definition) is 7. The van der Waals surface area contributed by atoms with Gasteiger partial charge in [0.15, 0.2) is 5.82 Å². The average molecular weight is 456 g/mol.